The minimum absolute atomic E-state index is 0.0609. The summed E-state index contributed by atoms with van der Waals surface area (Å²) in [5, 5.41) is 30.8. The highest BCUT2D eigenvalue weighted by Gasteiger charge is 2.46. The van der Waals surface area contributed by atoms with Crippen molar-refractivity contribution in [3.63, 3.8) is 0 Å². The van der Waals surface area contributed by atoms with Crippen LogP contribution in [0.3, 0.4) is 0 Å². The first kappa shape index (κ1) is 51.1. The molecule has 4 N–H and O–H groups in total. The van der Waals surface area contributed by atoms with Crippen molar-refractivity contribution >= 4 is 22.1 Å². The molecule has 12 nitrogen and oxygen atoms in total. The molecule has 1 heterocycles. The van der Waals surface area contributed by atoms with E-state index in [1.54, 1.807) is 0 Å². The Morgan fingerprint density at radius 1 is 0.618 bits per heavy atom. The van der Waals surface area contributed by atoms with Gasteiger partial charge in [0, 0.05) is 12.8 Å². The average Bonchev–Trinajstić information content (AvgIpc) is 3.14. The normalized spacial score (nSPS) is 21.0. The van der Waals surface area contributed by atoms with Gasteiger partial charge in [0.15, 0.2) is 12.4 Å². The molecule has 1 fully saturated rings. The van der Waals surface area contributed by atoms with Gasteiger partial charge in [0.05, 0.1) is 6.61 Å². The fraction of sp³-hybridized carbons (Fsp3) is 0.857. The summed E-state index contributed by atoms with van der Waals surface area (Å²) < 4.78 is 53.9. The van der Waals surface area contributed by atoms with Crippen LogP contribution < -0.4 is 0 Å². The zero-order chi connectivity index (χ0) is 40.6. The van der Waals surface area contributed by atoms with E-state index in [2.05, 4.69) is 26.0 Å². The number of esters is 2. The molecule has 3 unspecified atom stereocenters. The van der Waals surface area contributed by atoms with Gasteiger partial charge in [-0.2, -0.15) is 8.42 Å². The molecule has 0 aromatic carbocycles. The molecular weight excluding hydrogens is 729 g/mol. The third kappa shape index (κ3) is 28.2. The Labute approximate surface area is 332 Å². The van der Waals surface area contributed by atoms with Crippen LogP contribution in [0.2, 0.25) is 0 Å². The van der Waals surface area contributed by atoms with Crippen molar-refractivity contribution in [3.8, 4) is 0 Å². The first-order valence-corrected chi connectivity index (χ1v) is 23.0. The quantitative estimate of drug-likeness (QED) is 0.0209. The van der Waals surface area contributed by atoms with Gasteiger partial charge in [-0.25, -0.2) is 0 Å². The Morgan fingerprint density at radius 2 is 1.13 bits per heavy atom. The lowest BCUT2D eigenvalue weighted by Gasteiger charge is -2.40. The van der Waals surface area contributed by atoms with Crippen LogP contribution in [0.5, 0.6) is 0 Å². The van der Waals surface area contributed by atoms with E-state index >= 15 is 0 Å². The monoisotopic (exact) mass is 805 g/mol. The van der Waals surface area contributed by atoms with Crippen molar-refractivity contribution in [2.45, 2.75) is 211 Å². The molecule has 0 spiro atoms. The molecule has 6 atom stereocenters. The second-order valence-electron chi connectivity index (χ2n) is 15.0. The number of carbonyl (C=O) groups excluding carboxylic acids is 2. The maximum atomic E-state index is 12.7. The first-order valence-electron chi connectivity index (χ1n) is 21.4. The largest absolute Gasteiger partial charge is 0.462 e. The minimum Gasteiger partial charge on any atom is -0.462 e. The van der Waals surface area contributed by atoms with Gasteiger partial charge in [0.2, 0.25) is 0 Å². The summed E-state index contributed by atoms with van der Waals surface area (Å²) in [7, 11) is -4.60. The Balaban J connectivity index is 2.51. The summed E-state index contributed by atoms with van der Waals surface area (Å²) >= 11 is 0. The van der Waals surface area contributed by atoms with Gasteiger partial charge >= 0.3 is 11.9 Å². The van der Waals surface area contributed by atoms with Crippen molar-refractivity contribution in [2.24, 2.45) is 0 Å². The average molecular weight is 805 g/mol. The third-order valence-electron chi connectivity index (χ3n) is 9.80. The number of hydrogen-bond acceptors (Lipinski definition) is 11. The second kappa shape index (κ2) is 33.1. The van der Waals surface area contributed by atoms with Crippen molar-refractivity contribution < 1.29 is 56.8 Å². The van der Waals surface area contributed by atoms with Gasteiger partial charge in [-0.15, -0.1) is 0 Å². The van der Waals surface area contributed by atoms with Crippen molar-refractivity contribution in [2.75, 3.05) is 19.0 Å². The summed E-state index contributed by atoms with van der Waals surface area (Å²) in [4.78, 5) is 25.3. The van der Waals surface area contributed by atoms with Gasteiger partial charge in [-0.1, -0.05) is 154 Å². The van der Waals surface area contributed by atoms with E-state index in [1.807, 2.05) is 12.2 Å². The van der Waals surface area contributed by atoms with E-state index in [9.17, 15) is 37.9 Å². The molecule has 0 bridgehead atoms. The van der Waals surface area contributed by atoms with Gasteiger partial charge in [-0.05, 0) is 32.1 Å². The molecule has 1 saturated heterocycles. The number of unbranched alkanes of at least 4 members (excludes halogenated alkanes) is 19. The number of aliphatic hydroxyl groups is 3. The summed E-state index contributed by atoms with van der Waals surface area (Å²) in [5.74, 6) is -2.06. The van der Waals surface area contributed by atoms with Crippen LogP contribution >= 0.6 is 0 Å². The summed E-state index contributed by atoms with van der Waals surface area (Å²) in [6, 6.07) is 0. The number of rotatable bonds is 35. The highest BCUT2D eigenvalue weighted by atomic mass is 32.2. The SMILES string of the molecule is CCCCCCCC/C=C/C/C=C/CCC(=O)OC(COC(=O)CCCCCCCCCCCCCCCC)CO[C@H]1O[C@H](CS(=O)(=O)O)[C@@H](O)C(O)C1O. The number of carbonyl (C=O) groups is 2. The minimum atomic E-state index is -4.60. The number of ether oxygens (including phenoxy) is 4. The number of allylic oxidation sites excluding steroid dienone is 4. The molecule has 0 aliphatic carbocycles. The summed E-state index contributed by atoms with van der Waals surface area (Å²) in [6.45, 7) is 3.69. The topological polar surface area (TPSA) is 186 Å². The van der Waals surface area contributed by atoms with Crippen LogP contribution in [0.25, 0.3) is 0 Å². The molecule has 1 aliphatic rings. The molecule has 0 aromatic heterocycles. The lowest BCUT2D eigenvalue weighted by atomic mass is 10.00. The van der Waals surface area contributed by atoms with Crippen LogP contribution in [0.4, 0.5) is 0 Å². The van der Waals surface area contributed by atoms with E-state index in [0.29, 0.717) is 12.8 Å². The third-order valence-corrected chi connectivity index (χ3v) is 10.5. The molecule has 0 radical (unpaired) electrons. The van der Waals surface area contributed by atoms with E-state index in [4.69, 9.17) is 18.9 Å². The van der Waals surface area contributed by atoms with Gasteiger partial charge in [-0.3, -0.25) is 14.1 Å². The first-order chi connectivity index (χ1) is 26.5. The van der Waals surface area contributed by atoms with Crippen LogP contribution in [-0.2, 0) is 38.7 Å². The fourth-order valence-electron chi connectivity index (χ4n) is 6.44. The highest BCUT2D eigenvalue weighted by molar-refractivity contribution is 7.85. The van der Waals surface area contributed by atoms with E-state index in [-0.39, 0.29) is 19.4 Å². The summed E-state index contributed by atoms with van der Waals surface area (Å²) in [6.07, 6.45) is 25.3. The highest BCUT2D eigenvalue weighted by Crippen LogP contribution is 2.24. The Morgan fingerprint density at radius 3 is 1.67 bits per heavy atom. The van der Waals surface area contributed by atoms with Crippen molar-refractivity contribution in [1.82, 2.24) is 0 Å². The second-order valence-corrected chi connectivity index (χ2v) is 16.5. The van der Waals surface area contributed by atoms with Gasteiger partial charge in [0.1, 0.15) is 36.8 Å². The van der Waals surface area contributed by atoms with Crippen molar-refractivity contribution in [1.29, 1.82) is 0 Å². The fourth-order valence-corrected chi connectivity index (χ4v) is 7.13. The van der Waals surface area contributed by atoms with Crippen LogP contribution in [0.15, 0.2) is 24.3 Å². The summed E-state index contributed by atoms with van der Waals surface area (Å²) in [5.41, 5.74) is 0. The lowest BCUT2D eigenvalue weighted by Crippen LogP contribution is -2.60. The van der Waals surface area contributed by atoms with E-state index in [0.717, 1.165) is 32.1 Å². The molecule has 1 rings (SSSR count). The lowest BCUT2D eigenvalue weighted by molar-refractivity contribution is -0.297. The van der Waals surface area contributed by atoms with Crippen LogP contribution in [0.1, 0.15) is 174 Å². The molecule has 322 valence electrons. The molecule has 0 aromatic rings. The van der Waals surface area contributed by atoms with E-state index in [1.165, 1.54) is 103 Å². The van der Waals surface area contributed by atoms with Gasteiger partial charge < -0.3 is 34.3 Å². The number of aliphatic hydroxyl groups excluding tert-OH is 3. The Kier molecular flexibility index (Phi) is 30.8. The zero-order valence-corrected chi connectivity index (χ0v) is 34.9. The van der Waals surface area contributed by atoms with Crippen molar-refractivity contribution in [3.05, 3.63) is 24.3 Å². The predicted octanol–water partition coefficient (Wildman–Crippen LogP) is 8.06. The molecular formula is C42H76O12S. The predicted molar refractivity (Wildman–Crippen MR) is 215 cm³/mol. The maximum absolute atomic E-state index is 12.7. The van der Waals surface area contributed by atoms with Crippen LogP contribution in [-0.4, -0.2) is 96.0 Å². The standard InChI is InChI=1S/C42H76O12S/c1-3-5-7-9-11-13-15-17-19-20-22-24-26-28-30-37(43)51-32-35(33-52-42-41(47)40(46)39(45)36(54-42)34-55(48,49)50)53-38(44)31-29-27-25-23-21-18-16-14-12-10-8-6-4-2/h18,21,25,27,35-36,39-42,45-47H,3-17,19-20,22-24,26,28-34H2,1-2H3,(H,48,49,50)/b21-18+,27-25+/t35?,36-,39-,40?,41?,42+/m1/s1. The van der Waals surface area contributed by atoms with Gasteiger partial charge in [0.25, 0.3) is 10.1 Å². The number of hydrogen-bond donors (Lipinski definition) is 4. The van der Waals surface area contributed by atoms with E-state index < -0.39 is 71.2 Å². The Bertz CT molecular complexity index is 1130. The molecule has 0 saturated carbocycles. The molecule has 13 heteroatoms. The Hall–Kier alpha value is -1.87. The molecule has 0 amide bonds. The maximum Gasteiger partial charge on any atom is 0.306 e. The van der Waals surface area contributed by atoms with Crippen LogP contribution in [0, 0.1) is 0 Å². The molecule has 55 heavy (non-hydrogen) atoms. The smallest absolute Gasteiger partial charge is 0.306 e. The zero-order valence-electron chi connectivity index (χ0n) is 34.0. The molecule has 1 aliphatic heterocycles.